The Morgan fingerprint density at radius 3 is 2.52 bits per heavy atom. The Balaban J connectivity index is 1.46. The zero-order valence-electron chi connectivity index (χ0n) is 21.0. The molecule has 3 saturated carbocycles. The lowest BCUT2D eigenvalue weighted by atomic mass is 9.47. The van der Waals surface area contributed by atoms with E-state index in [4.69, 9.17) is 0 Å². The van der Waals surface area contributed by atoms with E-state index in [1.54, 1.807) is 0 Å². The molecule has 2 heteroatoms. The van der Waals surface area contributed by atoms with Crippen LogP contribution in [0.1, 0.15) is 106 Å². The lowest BCUT2D eigenvalue weighted by Gasteiger charge is -2.58. The van der Waals surface area contributed by atoms with Gasteiger partial charge in [0.1, 0.15) is 11.6 Å². The first-order valence-corrected chi connectivity index (χ1v) is 13.3. The summed E-state index contributed by atoms with van der Waals surface area (Å²) in [5.41, 5.74) is 2.20. The van der Waals surface area contributed by atoms with Crippen LogP contribution in [0.15, 0.2) is 11.6 Å². The maximum atomic E-state index is 12.6. The monoisotopic (exact) mass is 426 g/mol. The third-order valence-corrected chi connectivity index (χ3v) is 11.1. The Morgan fingerprint density at radius 2 is 1.81 bits per heavy atom. The molecule has 0 radical (unpaired) electrons. The number of Topliss-reactive ketones (excluding diaryl/α,β-unsaturated/α-hetero) is 2. The van der Waals surface area contributed by atoms with Crippen molar-refractivity contribution in [2.45, 2.75) is 106 Å². The summed E-state index contributed by atoms with van der Waals surface area (Å²) in [6.45, 7) is 14.0. The number of carbonyl (C=O) groups is 2. The number of hydrogen-bond acceptors (Lipinski definition) is 2. The molecule has 0 heterocycles. The van der Waals surface area contributed by atoms with Crippen molar-refractivity contribution < 1.29 is 9.59 Å². The summed E-state index contributed by atoms with van der Waals surface area (Å²) < 4.78 is 0. The quantitative estimate of drug-likeness (QED) is 0.414. The molecule has 2 nitrogen and oxygen atoms in total. The van der Waals surface area contributed by atoms with Crippen molar-refractivity contribution >= 4 is 11.6 Å². The number of carbonyl (C=O) groups excluding carboxylic acids is 2. The number of hydrogen-bond donors (Lipinski definition) is 0. The Hall–Kier alpha value is -0.920. The Kier molecular flexibility index (Phi) is 6.34. The molecule has 4 aliphatic carbocycles. The first kappa shape index (κ1) is 23.2. The second-order valence-corrected chi connectivity index (χ2v) is 12.7. The molecule has 8 atom stereocenters. The Bertz CT molecular complexity index is 748. The summed E-state index contributed by atoms with van der Waals surface area (Å²) in [6.07, 6.45) is 13.5. The summed E-state index contributed by atoms with van der Waals surface area (Å²) in [4.78, 5) is 24.7. The third-order valence-electron chi connectivity index (χ3n) is 11.1. The average Bonchev–Trinajstić information content (AvgIpc) is 3.09. The highest BCUT2D eigenvalue weighted by molar-refractivity contribution is 5.82. The summed E-state index contributed by atoms with van der Waals surface area (Å²) in [7, 11) is 0. The molecule has 0 saturated heterocycles. The van der Waals surface area contributed by atoms with Crippen LogP contribution in [-0.4, -0.2) is 11.6 Å². The van der Waals surface area contributed by atoms with Crippen molar-refractivity contribution in [3.8, 4) is 0 Å². The van der Waals surface area contributed by atoms with Crippen LogP contribution in [0.5, 0.6) is 0 Å². The lowest BCUT2D eigenvalue weighted by molar-refractivity contribution is -0.124. The highest BCUT2D eigenvalue weighted by atomic mass is 16.1. The van der Waals surface area contributed by atoms with Crippen LogP contribution < -0.4 is 0 Å². The van der Waals surface area contributed by atoms with Gasteiger partial charge in [-0.1, -0.05) is 53.2 Å². The van der Waals surface area contributed by atoms with Gasteiger partial charge in [-0.15, -0.1) is 0 Å². The summed E-state index contributed by atoms with van der Waals surface area (Å²) >= 11 is 0. The molecule has 0 aliphatic heterocycles. The summed E-state index contributed by atoms with van der Waals surface area (Å²) in [5.74, 6) is 5.40. The van der Waals surface area contributed by atoms with Gasteiger partial charge in [-0.25, -0.2) is 0 Å². The van der Waals surface area contributed by atoms with Crippen molar-refractivity contribution in [2.24, 2.45) is 52.3 Å². The minimum Gasteiger partial charge on any atom is -0.299 e. The molecule has 4 rings (SSSR count). The van der Waals surface area contributed by atoms with Crippen LogP contribution in [0.4, 0.5) is 0 Å². The largest absolute Gasteiger partial charge is 0.299 e. The van der Waals surface area contributed by atoms with Crippen molar-refractivity contribution in [3.63, 3.8) is 0 Å². The van der Waals surface area contributed by atoms with E-state index in [2.05, 4.69) is 47.6 Å². The zero-order valence-corrected chi connectivity index (χ0v) is 21.0. The maximum absolute atomic E-state index is 12.6. The molecule has 0 amide bonds. The van der Waals surface area contributed by atoms with Crippen molar-refractivity contribution in [1.82, 2.24) is 0 Å². The van der Waals surface area contributed by atoms with Gasteiger partial charge in [0.05, 0.1) is 0 Å². The van der Waals surface area contributed by atoms with E-state index in [1.165, 1.54) is 37.7 Å². The highest BCUT2D eigenvalue weighted by Gasteiger charge is 2.59. The lowest BCUT2D eigenvalue weighted by Crippen LogP contribution is -2.50. The molecule has 4 aliphatic rings. The van der Waals surface area contributed by atoms with Crippen LogP contribution in [0.2, 0.25) is 0 Å². The highest BCUT2D eigenvalue weighted by Crippen LogP contribution is 2.67. The average molecular weight is 427 g/mol. The fourth-order valence-electron chi connectivity index (χ4n) is 8.62. The molecule has 0 spiro atoms. The molecule has 0 aromatic rings. The second-order valence-electron chi connectivity index (χ2n) is 12.7. The molecule has 0 bridgehead atoms. The smallest absolute Gasteiger partial charge is 0.136 e. The van der Waals surface area contributed by atoms with E-state index in [0.29, 0.717) is 28.8 Å². The van der Waals surface area contributed by atoms with E-state index in [0.717, 1.165) is 55.8 Å². The molecular formula is C29H46O2. The van der Waals surface area contributed by atoms with Crippen molar-refractivity contribution in [1.29, 1.82) is 0 Å². The minimum atomic E-state index is 0.195. The normalized spacial score (nSPS) is 41.8. The molecule has 2 unspecified atom stereocenters. The van der Waals surface area contributed by atoms with Gasteiger partial charge in [0, 0.05) is 25.2 Å². The zero-order chi connectivity index (χ0) is 22.6. The topological polar surface area (TPSA) is 34.1 Å². The van der Waals surface area contributed by atoms with E-state index in [9.17, 15) is 9.59 Å². The van der Waals surface area contributed by atoms with Crippen molar-refractivity contribution in [2.75, 3.05) is 0 Å². The van der Waals surface area contributed by atoms with E-state index in [-0.39, 0.29) is 11.3 Å². The maximum Gasteiger partial charge on any atom is 0.136 e. The van der Waals surface area contributed by atoms with E-state index < -0.39 is 0 Å². The van der Waals surface area contributed by atoms with Crippen LogP contribution in [0, 0.1) is 52.3 Å². The summed E-state index contributed by atoms with van der Waals surface area (Å²) in [5, 5.41) is 0. The summed E-state index contributed by atoms with van der Waals surface area (Å²) in [6, 6.07) is 0. The molecule has 0 aromatic carbocycles. The Morgan fingerprint density at radius 1 is 1.06 bits per heavy atom. The van der Waals surface area contributed by atoms with Crippen LogP contribution in [-0.2, 0) is 9.59 Å². The first-order valence-electron chi connectivity index (χ1n) is 13.3. The van der Waals surface area contributed by atoms with Gasteiger partial charge in [0.25, 0.3) is 0 Å². The van der Waals surface area contributed by atoms with Crippen LogP contribution in [0.25, 0.3) is 0 Å². The van der Waals surface area contributed by atoms with Gasteiger partial charge in [0.15, 0.2) is 0 Å². The minimum absolute atomic E-state index is 0.195. The first-order chi connectivity index (χ1) is 14.6. The van der Waals surface area contributed by atoms with Crippen LogP contribution in [0.3, 0.4) is 0 Å². The Labute approximate surface area is 191 Å². The SMILES string of the molecule is CC(C)C(C)C(=O)CCC(C)[C@H]1CC[C@H]2[C@@H]3CC=C4CC(=O)CC[C@]4(C)[C@H]3CC[C@]12C. The fourth-order valence-corrected chi connectivity index (χ4v) is 8.62. The molecule has 31 heavy (non-hydrogen) atoms. The number of rotatable bonds is 6. The number of ketones is 2. The van der Waals surface area contributed by atoms with E-state index >= 15 is 0 Å². The fraction of sp³-hybridized carbons (Fsp3) is 0.862. The van der Waals surface area contributed by atoms with Gasteiger partial charge in [-0.05, 0) is 91.3 Å². The molecule has 3 fully saturated rings. The van der Waals surface area contributed by atoms with Gasteiger partial charge >= 0.3 is 0 Å². The van der Waals surface area contributed by atoms with Gasteiger partial charge in [-0.2, -0.15) is 0 Å². The number of allylic oxidation sites excluding steroid dienone is 2. The second kappa shape index (κ2) is 8.45. The van der Waals surface area contributed by atoms with E-state index in [1.807, 2.05) is 0 Å². The molecule has 0 aromatic heterocycles. The molecule has 174 valence electrons. The standard InChI is InChI=1S/C29H46O2/c1-18(2)20(4)27(31)12-7-19(3)24-10-11-25-23-9-8-21-17-22(30)13-15-28(21,5)26(23)14-16-29(24,25)6/h8,18-20,23-26H,7,9-17H2,1-6H3/t19?,20?,23-,24+,25-,26-,28-,29+/m0/s1. The predicted octanol–water partition coefficient (Wildman–Crippen LogP) is 7.41. The van der Waals surface area contributed by atoms with Gasteiger partial charge in [0.2, 0.25) is 0 Å². The molecule has 0 N–H and O–H groups in total. The number of fused-ring (bicyclic) bond motifs is 5. The molecular weight excluding hydrogens is 380 g/mol. The van der Waals surface area contributed by atoms with Crippen molar-refractivity contribution in [3.05, 3.63) is 11.6 Å². The van der Waals surface area contributed by atoms with Crippen LogP contribution >= 0.6 is 0 Å². The third kappa shape index (κ3) is 3.89. The predicted molar refractivity (Wildman–Crippen MR) is 128 cm³/mol. The van der Waals surface area contributed by atoms with Gasteiger partial charge < -0.3 is 0 Å². The van der Waals surface area contributed by atoms with Gasteiger partial charge in [-0.3, -0.25) is 9.59 Å².